The van der Waals surface area contributed by atoms with Crippen LogP contribution in [-0.4, -0.2) is 54.1 Å². The monoisotopic (exact) mass is 544 g/mol. The molecule has 2 aromatic carbocycles. The van der Waals surface area contributed by atoms with Gasteiger partial charge in [0.15, 0.2) is 6.29 Å². The molecule has 5 heteroatoms. The minimum atomic E-state index is -0.700. The van der Waals surface area contributed by atoms with Crippen LogP contribution >= 0.6 is 0 Å². The Bertz CT molecular complexity index is 957. The van der Waals surface area contributed by atoms with Gasteiger partial charge in [-0.25, -0.2) is 0 Å². The van der Waals surface area contributed by atoms with E-state index in [-0.39, 0.29) is 13.2 Å². The van der Waals surface area contributed by atoms with Gasteiger partial charge in [0, 0.05) is 26.1 Å². The third-order valence-corrected chi connectivity index (χ3v) is 7.85. The van der Waals surface area contributed by atoms with Gasteiger partial charge < -0.3 is 24.8 Å². The third kappa shape index (κ3) is 9.98. The molecule has 222 valence electrons. The van der Waals surface area contributed by atoms with Crippen LogP contribution in [0.1, 0.15) is 107 Å². The maximum Gasteiger partial charge on any atom is 0.183 e. The van der Waals surface area contributed by atoms with Gasteiger partial charge in [0.2, 0.25) is 0 Å². The second-order valence-electron chi connectivity index (χ2n) is 10.8. The highest BCUT2D eigenvalue weighted by molar-refractivity contribution is 5.45. The molecule has 0 spiro atoms. The summed E-state index contributed by atoms with van der Waals surface area (Å²) in [5, 5.41) is 27.9. The molecule has 1 aliphatic heterocycles. The average molecular weight is 545 g/mol. The number of aliphatic hydroxyl groups is 3. The van der Waals surface area contributed by atoms with Crippen molar-refractivity contribution in [1.82, 2.24) is 0 Å². The van der Waals surface area contributed by atoms with Crippen LogP contribution < -0.4 is 0 Å². The predicted molar refractivity (Wildman–Crippen MR) is 162 cm³/mol. The van der Waals surface area contributed by atoms with Crippen LogP contribution in [0, 0.1) is 25.7 Å². The van der Waals surface area contributed by atoms with Crippen LogP contribution in [0.5, 0.6) is 0 Å². The molecule has 4 rings (SSSR count). The van der Waals surface area contributed by atoms with Gasteiger partial charge in [0.1, 0.15) is 6.10 Å². The Morgan fingerprint density at radius 2 is 1.59 bits per heavy atom. The molecule has 0 radical (unpaired) electrons. The molecule has 1 unspecified atom stereocenters. The van der Waals surface area contributed by atoms with E-state index in [1.807, 2.05) is 27.7 Å². The van der Waals surface area contributed by atoms with E-state index in [0.717, 1.165) is 12.8 Å². The highest BCUT2D eigenvalue weighted by atomic mass is 16.7. The molecule has 1 aliphatic carbocycles. The van der Waals surface area contributed by atoms with Gasteiger partial charge in [-0.15, -0.1) is 0 Å². The third-order valence-electron chi connectivity index (χ3n) is 7.85. The number of methoxy groups -OCH3 is 1. The largest absolute Gasteiger partial charge is 0.396 e. The summed E-state index contributed by atoms with van der Waals surface area (Å²) in [6.45, 7) is 19.8. The molecule has 2 aromatic rings. The lowest BCUT2D eigenvalue weighted by atomic mass is 9.72. The van der Waals surface area contributed by atoms with Crippen molar-refractivity contribution in [3.8, 4) is 0 Å². The van der Waals surface area contributed by atoms with Crippen LogP contribution in [0.3, 0.4) is 0 Å². The summed E-state index contributed by atoms with van der Waals surface area (Å²) in [6.07, 6.45) is 0.562. The van der Waals surface area contributed by atoms with Crippen molar-refractivity contribution < 1.29 is 24.8 Å². The first kappa shape index (κ1) is 35.3. The van der Waals surface area contributed by atoms with Crippen molar-refractivity contribution in [3.63, 3.8) is 0 Å². The first-order valence-electron chi connectivity index (χ1n) is 15.0. The number of rotatable bonds is 5. The number of fused-ring (bicyclic) bond motifs is 1. The van der Waals surface area contributed by atoms with E-state index >= 15 is 0 Å². The number of ether oxygens (including phenoxy) is 2. The smallest absolute Gasteiger partial charge is 0.183 e. The summed E-state index contributed by atoms with van der Waals surface area (Å²) in [6, 6.07) is 14.0. The molecule has 1 heterocycles. The van der Waals surface area contributed by atoms with Crippen molar-refractivity contribution >= 4 is 0 Å². The molecule has 5 nitrogen and oxygen atoms in total. The molecule has 0 saturated carbocycles. The summed E-state index contributed by atoms with van der Waals surface area (Å²) in [5.41, 5.74) is 8.46. The number of hydrogen-bond donors (Lipinski definition) is 3. The SMILES string of the molecule is CC.CC.CO[C@@H]1OC[C@@H](O)C[C@H]1O.Cc1ccc([C@H]2C[C@@H](CO)Cc3ccc(C(C)C(C)C)cc32)cc1C. The Morgan fingerprint density at radius 3 is 2.13 bits per heavy atom. The number of benzene rings is 2. The van der Waals surface area contributed by atoms with Crippen molar-refractivity contribution in [2.45, 2.75) is 112 Å². The van der Waals surface area contributed by atoms with Crippen LogP contribution in [0.2, 0.25) is 0 Å². The molecule has 0 aromatic heterocycles. The van der Waals surface area contributed by atoms with Crippen molar-refractivity contribution in [3.05, 3.63) is 69.8 Å². The van der Waals surface area contributed by atoms with Gasteiger partial charge in [-0.1, -0.05) is 84.9 Å². The van der Waals surface area contributed by atoms with Crippen molar-refractivity contribution in [2.75, 3.05) is 20.3 Å². The van der Waals surface area contributed by atoms with E-state index in [2.05, 4.69) is 71.0 Å². The zero-order valence-corrected chi connectivity index (χ0v) is 26.2. The summed E-state index contributed by atoms with van der Waals surface area (Å²) >= 11 is 0. The molecule has 39 heavy (non-hydrogen) atoms. The Kier molecular flexibility index (Phi) is 16.1. The molecular formula is C34H56O5. The van der Waals surface area contributed by atoms with E-state index in [1.54, 1.807) is 0 Å². The first-order valence-corrected chi connectivity index (χ1v) is 15.0. The fourth-order valence-corrected chi connectivity index (χ4v) is 5.08. The lowest BCUT2D eigenvalue weighted by molar-refractivity contribution is -0.224. The lowest BCUT2D eigenvalue weighted by Crippen LogP contribution is -2.41. The van der Waals surface area contributed by atoms with Crippen LogP contribution in [0.15, 0.2) is 36.4 Å². The lowest BCUT2D eigenvalue weighted by Gasteiger charge is -2.32. The Hall–Kier alpha value is -1.76. The van der Waals surface area contributed by atoms with E-state index in [4.69, 9.17) is 19.7 Å². The average Bonchev–Trinajstić information content (AvgIpc) is 2.95. The normalized spacial score (nSPS) is 24.6. The Balaban J connectivity index is 0.000000454. The maximum absolute atomic E-state index is 9.80. The summed E-state index contributed by atoms with van der Waals surface area (Å²) in [7, 11) is 1.46. The molecule has 6 atom stereocenters. The second-order valence-corrected chi connectivity index (χ2v) is 10.8. The number of aliphatic hydroxyl groups excluding tert-OH is 3. The zero-order valence-electron chi connectivity index (χ0n) is 26.2. The Morgan fingerprint density at radius 1 is 0.923 bits per heavy atom. The molecule has 0 bridgehead atoms. The van der Waals surface area contributed by atoms with E-state index < -0.39 is 18.5 Å². The summed E-state index contributed by atoms with van der Waals surface area (Å²) in [5.74, 6) is 1.99. The minimum Gasteiger partial charge on any atom is -0.396 e. The summed E-state index contributed by atoms with van der Waals surface area (Å²) in [4.78, 5) is 0. The van der Waals surface area contributed by atoms with E-state index in [1.165, 1.54) is 40.5 Å². The quantitative estimate of drug-likeness (QED) is 0.381. The molecule has 3 N–H and O–H groups in total. The number of hydrogen-bond acceptors (Lipinski definition) is 5. The number of aryl methyl sites for hydroxylation is 2. The van der Waals surface area contributed by atoms with Gasteiger partial charge in [0.05, 0.1) is 12.7 Å². The van der Waals surface area contributed by atoms with Crippen LogP contribution in [0.4, 0.5) is 0 Å². The van der Waals surface area contributed by atoms with Gasteiger partial charge in [0.25, 0.3) is 0 Å². The fourth-order valence-electron chi connectivity index (χ4n) is 5.08. The van der Waals surface area contributed by atoms with Gasteiger partial charge >= 0.3 is 0 Å². The standard InChI is InChI=1S/C24H32O.C6H12O4.2C2H6/c1-15(2)18(5)20-8-9-22-11-19(14-25)12-23(24(22)13-20)21-7-6-16(3)17(4)10-21;1-9-6-5(8)2-4(7)3-10-6;2*1-2/h6-10,13,15,18-19,23,25H,11-12,14H2,1-5H3;4-8H,2-3H2,1H3;2*1-2H3/t18?,19-,23+;4-,5+,6+;;/m00../s1. The second kappa shape index (κ2) is 17.8. The first-order chi connectivity index (χ1) is 18.6. The highest BCUT2D eigenvalue weighted by Gasteiger charge is 2.29. The molecule has 1 saturated heterocycles. The molecule has 0 amide bonds. The molecular weight excluding hydrogens is 488 g/mol. The fraction of sp³-hybridized carbons (Fsp3) is 0.647. The van der Waals surface area contributed by atoms with Crippen molar-refractivity contribution in [2.24, 2.45) is 11.8 Å². The highest BCUT2D eigenvalue weighted by Crippen LogP contribution is 2.41. The van der Waals surface area contributed by atoms with Gasteiger partial charge in [-0.3, -0.25) is 0 Å². The van der Waals surface area contributed by atoms with Crippen molar-refractivity contribution in [1.29, 1.82) is 0 Å². The van der Waals surface area contributed by atoms with E-state index in [0.29, 0.717) is 30.1 Å². The molecule has 1 fully saturated rings. The summed E-state index contributed by atoms with van der Waals surface area (Å²) < 4.78 is 9.70. The zero-order chi connectivity index (χ0) is 29.7. The van der Waals surface area contributed by atoms with Gasteiger partial charge in [-0.05, 0) is 77.8 Å². The van der Waals surface area contributed by atoms with Crippen LogP contribution in [-0.2, 0) is 15.9 Å². The molecule has 2 aliphatic rings. The maximum atomic E-state index is 9.80. The predicted octanol–water partition coefficient (Wildman–Crippen LogP) is 6.90. The minimum absolute atomic E-state index is 0.246. The topological polar surface area (TPSA) is 79.2 Å². The van der Waals surface area contributed by atoms with Crippen LogP contribution in [0.25, 0.3) is 0 Å². The Labute approximate surface area is 238 Å². The van der Waals surface area contributed by atoms with Gasteiger partial charge in [-0.2, -0.15) is 0 Å². The van der Waals surface area contributed by atoms with E-state index in [9.17, 15) is 5.11 Å².